The van der Waals surface area contributed by atoms with Gasteiger partial charge in [0.15, 0.2) is 0 Å². The number of carbonyl (C=O) groups is 4. The van der Waals surface area contributed by atoms with Crippen molar-refractivity contribution in [3.8, 4) is 0 Å². The zero-order chi connectivity index (χ0) is 21.2. The molecule has 8 nitrogen and oxygen atoms in total. The lowest BCUT2D eigenvalue weighted by molar-refractivity contribution is -0.156. The van der Waals surface area contributed by atoms with Crippen molar-refractivity contribution in [2.45, 2.75) is 25.5 Å². The highest BCUT2D eigenvalue weighted by atomic mass is 16.5. The highest BCUT2D eigenvalue weighted by molar-refractivity contribution is 5.97. The number of esters is 1. The maximum absolute atomic E-state index is 12.6. The Morgan fingerprint density at radius 3 is 1.97 bits per heavy atom. The summed E-state index contributed by atoms with van der Waals surface area (Å²) in [7, 11) is 1.37. The predicted octanol–water partition coefficient (Wildman–Crippen LogP) is 1.99. The van der Waals surface area contributed by atoms with Gasteiger partial charge in [-0.15, -0.1) is 0 Å². The van der Waals surface area contributed by atoms with Crippen LogP contribution in [0.4, 0.5) is 4.79 Å². The number of carbonyl (C=O) groups excluding carboxylic acids is 4. The van der Waals surface area contributed by atoms with E-state index in [9.17, 15) is 19.2 Å². The molecule has 2 aromatic carbocycles. The van der Waals surface area contributed by atoms with E-state index in [1.54, 1.807) is 54.6 Å². The maximum atomic E-state index is 12.6. The standard InChI is InChI=1S/C21H23N3O5/c1-14(25)23-17(15-9-5-3-6-10-15)13-18(26)29-19(16-11-7-4-8-12-16)20(27)24-21(28)22-2/h3-12,17,19H,13H2,1-2H3,(H,23,25)(H2,22,24,27,28)/t17-,19+/m0/s1. The molecule has 8 heteroatoms. The smallest absolute Gasteiger partial charge is 0.321 e. The number of amides is 4. The van der Waals surface area contributed by atoms with Crippen LogP contribution in [0.5, 0.6) is 0 Å². The van der Waals surface area contributed by atoms with Crippen LogP contribution >= 0.6 is 0 Å². The lowest BCUT2D eigenvalue weighted by atomic mass is 10.0. The summed E-state index contributed by atoms with van der Waals surface area (Å²) in [5, 5.41) is 7.09. The van der Waals surface area contributed by atoms with Crippen LogP contribution in [0.25, 0.3) is 0 Å². The van der Waals surface area contributed by atoms with E-state index in [1.165, 1.54) is 14.0 Å². The van der Waals surface area contributed by atoms with Gasteiger partial charge >= 0.3 is 12.0 Å². The van der Waals surface area contributed by atoms with Gasteiger partial charge in [-0.1, -0.05) is 60.7 Å². The average Bonchev–Trinajstić information content (AvgIpc) is 2.72. The molecule has 0 saturated heterocycles. The van der Waals surface area contributed by atoms with Gasteiger partial charge < -0.3 is 15.4 Å². The number of ether oxygens (including phenoxy) is 1. The fourth-order valence-electron chi connectivity index (χ4n) is 2.67. The van der Waals surface area contributed by atoms with Crippen molar-refractivity contribution < 1.29 is 23.9 Å². The number of benzene rings is 2. The molecule has 2 rings (SSSR count). The first kappa shape index (κ1) is 21.6. The quantitative estimate of drug-likeness (QED) is 0.619. The maximum Gasteiger partial charge on any atom is 0.321 e. The molecule has 0 aliphatic heterocycles. The third kappa shape index (κ3) is 6.76. The highest BCUT2D eigenvalue weighted by Gasteiger charge is 2.28. The van der Waals surface area contributed by atoms with E-state index in [2.05, 4.69) is 16.0 Å². The summed E-state index contributed by atoms with van der Waals surface area (Å²) >= 11 is 0. The third-order valence-corrected chi connectivity index (χ3v) is 4.00. The van der Waals surface area contributed by atoms with Crippen LogP contribution in [-0.4, -0.2) is 30.9 Å². The van der Waals surface area contributed by atoms with E-state index in [0.29, 0.717) is 5.56 Å². The molecule has 0 saturated carbocycles. The van der Waals surface area contributed by atoms with Gasteiger partial charge in [-0.25, -0.2) is 4.79 Å². The minimum Gasteiger partial charge on any atom is -0.447 e. The Hall–Kier alpha value is -3.68. The van der Waals surface area contributed by atoms with Crippen molar-refractivity contribution in [2.75, 3.05) is 7.05 Å². The van der Waals surface area contributed by atoms with Crippen LogP contribution in [0.15, 0.2) is 60.7 Å². The normalized spacial score (nSPS) is 12.2. The predicted molar refractivity (Wildman–Crippen MR) is 105 cm³/mol. The molecular weight excluding hydrogens is 374 g/mol. The number of hydrogen-bond donors (Lipinski definition) is 3. The summed E-state index contributed by atoms with van der Waals surface area (Å²) in [6.07, 6.45) is -1.49. The van der Waals surface area contributed by atoms with Crippen LogP contribution in [0, 0.1) is 0 Å². The van der Waals surface area contributed by atoms with Gasteiger partial charge in [0.2, 0.25) is 12.0 Å². The van der Waals surface area contributed by atoms with Crippen molar-refractivity contribution in [3.63, 3.8) is 0 Å². The summed E-state index contributed by atoms with van der Waals surface area (Å²) in [5.41, 5.74) is 1.14. The molecule has 2 aromatic rings. The van der Waals surface area contributed by atoms with Crippen LogP contribution in [0.2, 0.25) is 0 Å². The van der Waals surface area contributed by atoms with Crippen molar-refractivity contribution in [3.05, 3.63) is 71.8 Å². The molecule has 2 atom stereocenters. The van der Waals surface area contributed by atoms with Crippen molar-refractivity contribution >= 4 is 23.8 Å². The SMILES string of the molecule is CNC(=O)NC(=O)[C@H](OC(=O)C[C@H](NC(C)=O)c1ccccc1)c1ccccc1. The van der Waals surface area contributed by atoms with E-state index >= 15 is 0 Å². The van der Waals surface area contributed by atoms with Crippen LogP contribution in [0.1, 0.15) is 36.6 Å². The molecule has 0 aromatic heterocycles. The van der Waals surface area contributed by atoms with E-state index in [-0.39, 0.29) is 12.3 Å². The fraction of sp³-hybridized carbons (Fsp3) is 0.238. The van der Waals surface area contributed by atoms with Gasteiger partial charge in [-0.2, -0.15) is 0 Å². The Bertz CT molecular complexity index is 855. The summed E-state index contributed by atoms with van der Waals surface area (Å²) in [4.78, 5) is 48.1. The van der Waals surface area contributed by atoms with Gasteiger partial charge in [0, 0.05) is 19.5 Å². The second kappa shape index (κ2) is 10.6. The van der Waals surface area contributed by atoms with E-state index < -0.39 is 30.1 Å². The highest BCUT2D eigenvalue weighted by Crippen LogP contribution is 2.22. The topological polar surface area (TPSA) is 114 Å². The molecule has 0 unspecified atom stereocenters. The van der Waals surface area contributed by atoms with Gasteiger partial charge in [-0.3, -0.25) is 19.7 Å². The molecule has 0 heterocycles. The largest absolute Gasteiger partial charge is 0.447 e. The lowest BCUT2D eigenvalue weighted by Crippen LogP contribution is -2.41. The molecular formula is C21H23N3O5. The van der Waals surface area contributed by atoms with Gasteiger partial charge in [0.1, 0.15) is 0 Å². The van der Waals surface area contributed by atoms with Gasteiger partial charge in [0.25, 0.3) is 5.91 Å². The molecule has 29 heavy (non-hydrogen) atoms. The molecule has 0 spiro atoms. The Morgan fingerprint density at radius 1 is 0.897 bits per heavy atom. The molecule has 0 aliphatic rings. The Morgan fingerprint density at radius 2 is 1.45 bits per heavy atom. The first-order valence-corrected chi connectivity index (χ1v) is 8.99. The molecule has 0 radical (unpaired) electrons. The number of nitrogens with one attached hydrogen (secondary N) is 3. The van der Waals surface area contributed by atoms with Gasteiger partial charge in [0.05, 0.1) is 12.5 Å². The summed E-state index contributed by atoms with van der Waals surface area (Å²) in [6, 6.07) is 16.0. The summed E-state index contributed by atoms with van der Waals surface area (Å²) < 4.78 is 5.40. The minimum atomic E-state index is -1.31. The van der Waals surface area contributed by atoms with Crippen molar-refractivity contribution in [2.24, 2.45) is 0 Å². The zero-order valence-corrected chi connectivity index (χ0v) is 16.2. The molecule has 3 N–H and O–H groups in total. The molecule has 4 amide bonds. The molecule has 0 fully saturated rings. The van der Waals surface area contributed by atoms with Gasteiger partial charge in [-0.05, 0) is 5.56 Å². The van der Waals surface area contributed by atoms with Crippen molar-refractivity contribution in [1.29, 1.82) is 0 Å². The van der Waals surface area contributed by atoms with Crippen LogP contribution in [0.3, 0.4) is 0 Å². The Kier molecular flexibility index (Phi) is 7.90. The molecule has 0 bridgehead atoms. The third-order valence-electron chi connectivity index (χ3n) is 4.00. The van der Waals surface area contributed by atoms with E-state index in [4.69, 9.17) is 4.74 Å². The van der Waals surface area contributed by atoms with Crippen LogP contribution < -0.4 is 16.0 Å². The van der Waals surface area contributed by atoms with E-state index in [1.807, 2.05) is 6.07 Å². The van der Waals surface area contributed by atoms with E-state index in [0.717, 1.165) is 5.56 Å². The summed E-state index contributed by atoms with van der Waals surface area (Å²) in [5.74, 6) is -1.78. The minimum absolute atomic E-state index is 0.180. The lowest BCUT2D eigenvalue weighted by Gasteiger charge is -2.21. The zero-order valence-electron chi connectivity index (χ0n) is 16.2. The number of hydrogen-bond acceptors (Lipinski definition) is 5. The first-order valence-electron chi connectivity index (χ1n) is 8.99. The molecule has 0 aliphatic carbocycles. The number of imide groups is 1. The molecule has 152 valence electrons. The monoisotopic (exact) mass is 397 g/mol. The average molecular weight is 397 g/mol. The Balaban J connectivity index is 2.18. The fourth-order valence-corrected chi connectivity index (χ4v) is 2.67. The van der Waals surface area contributed by atoms with Crippen molar-refractivity contribution in [1.82, 2.24) is 16.0 Å². The first-order chi connectivity index (χ1) is 13.9. The Labute approximate surface area is 168 Å². The summed E-state index contributed by atoms with van der Waals surface area (Å²) in [6.45, 7) is 1.35. The second-order valence-corrected chi connectivity index (χ2v) is 6.22. The second-order valence-electron chi connectivity index (χ2n) is 6.22. The number of rotatable bonds is 7. The number of urea groups is 1. The van der Waals surface area contributed by atoms with Crippen LogP contribution in [-0.2, 0) is 19.1 Å².